The molecule has 2 aromatic rings. The van der Waals surface area contributed by atoms with Crippen LogP contribution in [0.1, 0.15) is 5.56 Å². The van der Waals surface area contributed by atoms with Crippen LogP contribution >= 0.6 is 15.9 Å². The molecule has 0 aromatic heterocycles. The van der Waals surface area contributed by atoms with Crippen LogP contribution in [0.3, 0.4) is 0 Å². The molecular formula is C14H11BrO. The lowest BCUT2D eigenvalue weighted by Gasteiger charge is -2.02. The molecule has 0 aliphatic carbocycles. The second-order valence-electron chi connectivity index (χ2n) is 3.59. The molecule has 0 saturated heterocycles. The molecule has 0 radical (unpaired) electrons. The highest BCUT2D eigenvalue weighted by atomic mass is 79.9. The Morgan fingerprint density at radius 1 is 0.875 bits per heavy atom. The topological polar surface area (TPSA) is 17.1 Å². The van der Waals surface area contributed by atoms with Crippen LogP contribution in [0.15, 0.2) is 54.6 Å². The third kappa shape index (κ3) is 2.80. The van der Waals surface area contributed by atoms with Crippen molar-refractivity contribution in [2.45, 2.75) is 6.42 Å². The predicted octanol–water partition coefficient (Wildman–Crippen LogP) is 3.82. The van der Waals surface area contributed by atoms with Crippen molar-refractivity contribution >= 4 is 20.6 Å². The van der Waals surface area contributed by atoms with E-state index < -0.39 is 0 Å². The summed E-state index contributed by atoms with van der Waals surface area (Å²) in [7, 11) is 0. The van der Waals surface area contributed by atoms with Gasteiger partial charge in [-0.25, -0.2) is 0 Å². The van der Waals surface area contributed by atoms with Crippen LogP contribution in [-0.4, -0.2) is 4.69 Å². The highest BCUT2D eigenvalue weighted by Crippen LogP contribution is 2.19. The molecule has 0 amide bonds. The summed E-state index contributed by atoms with van der Waals surface area (Å²) >= 11 is 2.94. The van der Waals surface area contributed by atoms with E-state index in [2.05, 4.69) is 28.1 Å². The molecule has 0 fully saturated rings. The van der Waals surface area contributed by atoms with Gasteiger partial charge in [0.2, 0.25) is 4.69 Å². The van der Waals surface area contributed by atoms with Gasteiger partial charge < -0.3 is 0 Å². The first-order chi connectivity index (χ1) is 7.75. The van der Waals surface area contributed by atoms with Crippen molar-refractivity contribution in [2.24, 2.45) is 0 Å². The zero-order valence-corrected chi connectivity index (χ0v) is 10.3. The number of carbonyl (C=O) groups excluding carboxylic acids is 1. The van der Waals surface area contributed by atoms with Crippen LogP contribution in [0.5, 0.6) is 0 Å². The minimum atomic E-state index is 0.0139. The Kier molecular flexibility index (Phi) is 3.52. The molecule has 0 aliphatic heterocycles. The number of hydrogen-bond donors (Lipinski definition) is 0. The molecule has 0 bridgehead atoms. The first-order valence-electron chi connectivity index (χ1n) is 5.08. The summed E-state index contributed by atoms with van der Waals surface area (Å²) in [5.74, 6) is 0. The minimum Gasteiger partial charge on any atom is -0.286 e. The summed E-state index contributed by atoms with van der Waals surface area (Å²) < 4.78 is 0.0139. The second kappa shape index (κ2) is 5.08. The molecule has 0 spiro atoms. The van der Waals surface area contributed by atoms with E-state index in [1.54, 1.807) is 0 Å². The lowest BCUT2D eigenvalue weighted by molar-refractivity contribution is -0.109. The molecule has 16 heavy (non-hydrogen) atoms. The third-order valence-electron chi connectivity index (χ3n) is 2.40. The zero-order chi connectivity index (χ0) is 11.4. The largest absolute Gasteiger partial charge is 0.286 e. The monoisotopic (exact) mass is 274 g/mol. The second-order valence-corrected chi connectivity index (χ2v) is 4.48. The average molecular weight is 275 g/mol. The fraction of sp³-hybridized carbons (Fsp3) is 0.0714. The van der Waals surface area contributed by atoms with E-state index in [9.17, 15) is 4.79 Å². The van der Waals surface area contributed by atoms with Gasteiger partial charge in [0.05, 0.1) is 0 Å². The van der Waals surface area contributed by atoms with Crippen molar-refractivity contribution in [3.8, 4) is 11.1 Å². The molecule has 0 atom stereocenters. The molecule has 0 unspecified atom stereocenters. The van der Waals surface area contributed by atoms with Crippen molar-refractivity contribution in [2.75, 3.05) is 0 Å². The molecule has 0 N–H and O–H groups in total. The Hall–Kier alpha value is -1.41. The van der Waals surface area contributed by atoms with Gasteiger partial charge in [0, 0.05) is 6.42 Å². The van der Waals surface area contributed by atoms with Crippen molar-refractivity contribution in [1.82, 2.24) is 0 Å². The smallest absolute Gasteiger partial charge is 0.202 e. The van der Waals surface area contributed by atoms with Gasteiger partial charge in [-0.3, -0.25) is 4.79 Å². The Bertz CT molecular complexity index is 474. The van der Waals surface area contributed by atoms with Crippen LogP contribution in [0.25, 0.3) is 11.1 Å². The van der Waals surface area contributed by atoms with Gasteiger partial charge in [-0.1, -0.05) is 54.6 Å². The molecule has 0 aliphatic rings. The summed E-state index contributed by atoms with van der Waals surface area (Å²) in [5, 5.41) is 0. The summed E-state index contributed by atoms with van der Waals surface area (Å²) in [6, 6.07) is 18.2. The Morgan fingerprint density at radius 3 is 2.00 bits per heavy atom. The lowest BCUT2D eigenvalue weighted by atomic mass is 10.0. The summed E-state index contributed by atoms with van der Waals surface area (Å²) in [5.41, 5.74) is 3.40. The summed E-state index contributed by atoms with van der Waals surface area (Å²) in [6.45, 7) is 0. The quantitative estimate of drug-likeness (QED) is 0.778. The minimum absolute atomic E-state index is 0.0139. The molecule has 80 valence electrons. The number of benzene rings is 2. The SMILES string of the molecule is O=C(Br)Cc1ccc(-c2ccccc2)cc1. The lowest BCUT2D eigenvalue weighted by Crippen LogP contribution is -1.92. The highest BCUT2D eigenvalue weighted by Gasteiger charge is 2.00. The summed E-state index contributed by atoms with van der Waals surface area (Å²) in [4.78, 5) is 10.9. The summed E-state index contributed by atoms with van der Waals surface area (Å²) in [6.07, 6.45) is 0.440. The van der Waals surface area contributed by atoms with Crippen LogP contribution in [0, 0.1) is 0 Å². The van der Waals surface area contributed by atoms with Crippen LogP contribution in [-0.2, 0) is 11.2 Å². The van der Waals surface area contributed by atoms with Gasteiger partial charge in [0.1, 0.15) is 0 Å². The van der Waals surface area contributed by atoms with E-state index in [0.29, 0.717) is 6.42 Å². The molecule has 2 heteroatoms. The standard InChI is InChI=1S/C14H11BrO/c15-14(16)10-11-6-8-13(9-7-11)12-4-2-1-3-5-12/h1-9H,10H2. The van der Waals surface area contributed by atoms with Crippen LogP contribution in [0.2, 0.25) is 0 Å². The predicted molar refractivity (Wildman–Crippen MR) is 69.5 cm³/mol. The van der Waals surface area contributed by atoms with Crippen molar-refractivity contribution in [3.63, 3.8) is 0 Å². The van der Waals surface area contributed by atoms with Gasteiger partial charge >= 0.3 is 0 Å². The van der Waals surface area contributed by atoms with Gasteiger partial charge in [-0.05, 0) is 32.6 Å². The van der Waals surface area contributed by atoms with Crippen LogP contribution < -0.4 is 0 Å². The molecule has 0 heterocycles. The van der Waals surface area contributed by atoms with Gasteiger partial charge in [0.25, 0.3) is 0 Å². The number of carbonyl (C=O) groups is 1. The van der Waals surface area contributed by atoms with E-state index >= 15 is 0 Å². The Morgan fingerprint density at radius 2 is 1.44 bits per heavy atom. The maximum Gasteiger partial charge on any atom is 0.202 e. The van der Waals surface area contributed by atoms with E-state index in [1.807, 2.05) is 42.5 Å². The Labute approximate surface area is 103 Å². The number of halogens is 1. The number of hydrogen-bond acceptors (Lipinski definition) is 1. The van der Waals surface area contributed by atoms with E-state index in [1.165, 1.54) is 11.1 Å². The molecular weight excluding hydrogens is 264 g/mol. The van der Waals surface area contributed by atoms with E-state index in [4.69, 9.17) is 0 Å². The molecule has 2 aromatic carbocycles. The van der Waals surface area contributed by atoms with Crippen LogP contribution in [0.4, 0.5) is 0 Å². The first kappa shape index (κ1) is 11.1. The zero-order valence-electron chi connectivity index (χ0n) is 8.69. The molecule has 0 saturated carbocycles. The average Bonchev–Trinajstić information content (AvgIpc) is 2.30. The maximum atomic E-state index is 10.9. The Balaban J connectivity index is 2.23. The molecule has 2 rings (SSSR count). The van der Waals surface area contributed by atoms with Gasteiger partial charge in [-0.2, -0.15) is 0 Å². The normalized spacial score (nSPS) is 10.1. The maximum absolute atomic E-state index is 10.9. The third-order valence-corrected chi connectivity index (χ3v) is 2.68. The fourth-order valence-corrected chi connectivity index (χ4v) is 1.93. The highest BCUT2D eigenvalue weighted by molar-refractivity contribution is 9.18. The molecule has 1 nitrogen and oxygen atoms in total. The first-order valence-corrected chi connectivity index (χ1v) is 5.88. The van der Waals surface area contributed by atoms with Crippen molar-refractivity contribution < 1.29 is 4.79 Å². The van der Waals surface area contributed by atoms with Gasteiger partial charge in [-0.15, -0.1) is 0 Å². The van der Waals surface area contributed by atoms with Crippen molar-refractivity contribution in [1.29, 1.82) is 0 Å². The van der Waals surface area contributed by atoms with Gasteiger partial charge in [0.15, 0.2) is 0 Å². The van der Waals surface area contributed by atoms with Crippen molar-refractivity contribution in [3.05, 3.63) is 60.2 Å². The van der Waals surface area contributed by atoms with E-state index in [0.717, 1.165) is 5.56 Å². The van der Waals surface area contributed by atoms with E-state index in [-0.39, 0.29) is 4.69 Å². The number of rotatable bonds is 3. The fourth-order valence-electron chi connectivity index (χ4n) is 1.61.